The van der Waals surface area contributed by atoms with Gasteiger partial charge in [-0.2, -0.15) is 0 Å². The molecule has 20 heavy (non-hydrogen) atoms. The summed E-state index contributed by atoms with van der Waals surface area (Å²) in [6.07, 6.45) is 5.28. The van der Waals surface area contributed by atoms with Crippen molar-refractivity contribution in [2.75, 3.05) is 11.1 Å². The highest BCUT2D eigenvalue weighted by Crippen LogP contribution is 2.25. The van der Waals surface area contributed by atoms with Crippen molar-refractivity contribution in [3.63, 3.8) is 0 Å². The summed E-state index contributed by atoms with van der Waals surface area (Å²) >= 11 is 0. The topological polar surface area (TPSA) is 63.8 Å². The molecule has 0 amide bonds. The number of hydrogen-bond acceptors (Lipinski definition) is 4. The van der Waals surface area contributed by atoms with E-state index in [2.05, 4.69) is 27.4 Å². The number of rotatable bonds is 3. The van der Waals surface area contributed by atoms with Crippen molar-refractivity contribution >= 4 is 17.2 Å². The second-order valence-electron chi connectivity index (χ2n) is 4.38. The first kappa shape index (κ1) is 12.2. The number of benzene rings is 1. The van der Waals surface area contributed by atoms with Crippen LogP contribution in [0.1, 0.15) is 0 Å². The second kappa shape index (κ2) is 5.40. The molecular weight excluding hydrogens is 248 g/mol. The van der Waals surface area contributed by atoms with Gasteiger partial charge < -0.3 is 11.1 Å². The number of hydrogen-bond donors (Lipinski definition) is 2. The van der Waals surface area contributed by atoms with Gasteiger partial charge in [-0.05, 0) is 47.5 Å². The molecule has 2 aromatic heterocycles. The van der Waals surface area contributed by atoms with Crippen molar-refractivity contribution in [1.82, 2.24) is 9.97 Å². The molecule has 4 heteroatoms. The van der Waals surface area contributed by atoms with Gasteiger partial charge in [0.1, 0.15) is 0 Å². The number of aromatic nitrogens is 2. The predicted octanol–water partition coefficient (Wildman–Crippen LogP) is 3.47. The summed E-state index contributed by atoms with van der Waals surface area (Å²) in [6, 6.07) is 15.7. The fourth-order valence-electron chi connectivity index (χ4n) is 1.98. The Bertz CT molecular complexity index is 710. The van der Waals surface area contributed by atoms with Crippen LogP contribution in [0.4, 0.5) is 17.2 Å². The second-order valence-corrected chi connectivity index (χ2v) is 4.38. The molecule has 0 saturated heterocycles. The van der Waals surface area contributed by atoms with Gasteiger partial charge in [-0.3, -0.25) is 4.98 Å². The van der Waals surface area contributed by atoms with Crippen LogP contribution in [0.3, 0.4) is 0 Å². The lowest BCUT2D eigenvalue weighted by Gasteiger charge is -2.09. The average molecular weight is 262 g/mol. The molecule has 0 atom stereocenters. The van der Waals surface area contributed by atoms with E-state index < -0.39 is 0 Å². The van der Waals surface area contributed by atoms with Gasteiger partial charge in [0.15, 0.2) is 5.82 Å². The lowest BCUT2D eigenvalue weighted by Crippen LogP contribution is -1.98. The SMILES string of the molecule is Nc1cccnc1Nc1cccc(-c2ccncc2)c1. The Labute approximate surface area is 117 Å². The predicted molar refractivity (Wildman–Crippen MR) is 81.6 cm³/mol. The minimum atomic E-state index is 0.627. The zero-order valence-corrected chi connectivity index (χ0v) is 10.8. The number of nitrogen functional groups attached to an aromatic ring is 1. The van der Waals surface area contributed by atoms with Crippen LogP contribution >= 0.6 is 0 Å². The van der Waals surface area contributed by atoms with Crippen LogP contribution in [0, 0.1) is 0 Å². The van der Waals surface area contributed by atoms with E-state index in [1.165, 1.54) is 0 Å². The van der Waals surface area contributed by atoms with E-state index in [0.717, 1.165) is 16.8 Å². The maximum Gasteiger partial charge on any atom is 0.153 e. The standard InChI is InChI=1S/C16H14N4/c17-15-5-2-8-19-16(15)20-14-4-1-3-13(11-14)12-6-9-18-10-7-12/h1-11H,17H2,(H,19,20). The van der Waals surface area contributed by atoms with E-state index in [4.69, 9.17) is 5.73 Å². The van der Waals surface area contributed by atoms with Gasteiger partial charge in [-0.15, -0.1) is 0 Å². The number of nitrogens with zero attached hydrogens (tertiary/aromatic N) is 2. The summed E-state index contributed by atoms with van der Waals surface area (Å²) in [5.74, 6) is 0.666. The Morgan fingerprint density at radius 3 is 2.50 bits per heavy atom. The molecule has 0 aliphatic rings. The average Bonchev–Trinajstić information content (AvgIpc) is 2.51. The molecule has 3 rings (SSSR count). The summed E-state index contributed by atoms with van der Waals surface area (Å²) in [6.45, 7) is 0. The van der Waals surface area contributed by atoms with Gasteiger partial charge in [0.25, 0.3) is 0 Å². The van der Waals surface area contributed by atoms with Gasteiger partial charge in [0, 0.05) is 24.3 Å². The van der Waals surface area contributed by atoms with Crippen LogP contribution in [-0.4, -0.2) is 9.97 Å². The third-order valence-corrected chi connectivity index (χ3v) is 2.98. The van der Waals surface area contributed by atoms with Crippen LogP contribution in [0.2, 0.25) is 0 Å². The molecule has 0 saturated carbocycles. The largest absolute Gasteiger partial charge is 0.396 e. The third kappa shape index (κ3) is 2.59. The van der Waals surface area contributed by atoms with E-state index >= 15 is 0 Å². The number of nitrogens with two attached hydrogens (primary N) is 1. The first-order valence-corrected chi connectivity index (χ1v) is 6.31. The van der Waals surface area contributed by atoms with E-state index in [1.807, 2.05) is 36.4 Å². The monoisotopic (exact) mass is 262 g/mol. The lowest BCUT2D eigenvalue weighted by molar-refractivity contribution is 1.31. The first-order chi connectivity index (χ1) is 9.83. The zero-order valence-electron chi connectivity index (χ0n) is 10.8. The first-order valence-electron chi connectivity index (χ1n) is 6.31. The molecule has 0 bridgehead atoms. The Morgan fingerprint density at radius 1 is 0.850 bits per heavy atom. The van der Waals surface area contributed by atoms with E-state index in [-0.39, 0.29) is 0 Å². The molecular formula is C16H14N4. The summed E-state index contributed by atoms with van der Waals surface area (Å²) in [7, 11) is 0. The molecule has 2 heterocycles. The van der Waals surface area contributed by atoms with Crippen molar-refractivity contribution in [2.45, 2.75) is 0 Å². The molecule has 0 radical (unpaired) electrons. The Hall–Kier alpha value is -2.88. The van der Waals surface area contributed by atoms with Gasteiger partial charge >= 0.3 is 0 Å². The van der Waals surface area contributed by atoms with E-state index in [9.17, 15) is 0 Å². The molecule has 0 unspecified atom stereocenters. The Morgan fingerprint density at radius 2 is 1.70 bits per heavy atom. The van der Waals surface area contributed by atoms with Gasteiger partial charge in [-0.25, -0.2) is 4.98 Å². The summed E-state index contributed by atoms with van der Waals surface area (Å²) in [5.41, 5.74) is 9.70. The summed E-state index contributed by atoms with van der Waals surface area (Å²) < 4.78 is 0. The van der Waals surface area contributed by atoms with Gasteiger partial charge in [-0.1, -0.05) is 12.1 Å². The molecule has 3 aromatic rings. The van der Waals surface area contributed by atoms with Crippen molar-refractivity contribution < 1.29 is 0 Å². The number of pyridine rings is 2. The Kier molecular flexibility index (Phi) is 3.29. The van der Waals surface area contributed by atoms with Gasteiger partial charge in [0.05, 0.1) is 5.69 Å². The maximum atomic E-state index is 5.88. The molecule has 4 nitrogen and oxygen atoms in total. The molecule has 0 fully saturated rings. The smallest absolute Gasteiger partial charge is 0.153 e. The van der Waals surface area contributed by atoms with Crippen molar-refractivity contribution in [3.05, 3.63) is 67.1 Å². The molecule has 98 valence electrons. The van der Waals surface area contributed by atoms with Crippen LogP contribution < -0.4 is 11.1 Å². The van der Waals surface area contributed by atoms with E-state index in [1.54, 1.807) is 18.6 Å². The van der Waals surface area contributed by atoms with Crippen LogP contribution in [0.25, 0.3) is 11.1 Å². The molecule has 1 aromatic carbocycles. The van der Waals surface area contributed by atoms with Crippen LogP contribution in [-0.2, 0) is 0 Å². The third-order valence-electron chi connectivity index (χ3n) is 2.98. The maximum absolute atomic E-state index is 5.88. The molecule has 3 N–H and O–H groups in total. The minimum Gasteiger partial charge on any atom is -0.396 e. The summed E-state index contributed by atoms with van der Waals surface area (Å²) in [4.78, 5) is 8.26. The highest BCUT2D eigenvalue weighted by molar-refractivity contribution is 5.73. The number of nitrogens with one attached hydrogen (secondary N) is 1. The van der Waals surface area contributed by atoms with E-state index in [0.29, 0.717) is 11.5 Å². The highest BCUT2D eigenvalue weighted by atomic mass is 15.0. The quantitative estimate of drug-likeness (QED) is 0.758. The van der Waals surface area contributed by atoms with Crippen LogP contribution in [0.15, 0.2) is 67.1 Å². The van der Waals surface area contributed by atoms with Gasteiger partial charge in [0.2, 0.25) is 0 Å². The molecule has 0 spiro atoms. The van der Waals surface area contributed by atoms with Crippen molar-refractivity contribution in [2.24, 2.45) is 0 Å². The minimum absolute atomic E-state index is 0.627. The fourth-order valence-corrected chi connectivity index (χ4v) is 1.98. The van der Waals surface area contributed by atoms with Crippen LogP contribution in [0.5, 0.6) is 0 Å². The zero-order chi connectivity index (χ0) is 13.8. The van der Waals surface area contributed by atoms with Crippen molar-refractivity contribution in [3.8, 4) is 11.1 Å². The fraction of sp³-hybridized carbons (Fsp3) is 0. The highest BCUT2D eigenvalue weighted by Gasteiger charge is 2.02. The lowest BCUT2D eigenvalue weighted by atomic mass is 10.1. The summed E-state index contributed by atoms with van der Waals surface area (Å²) in [5, 5.41) is 3.23. The normalized spacial score (nSPS) is 10.2. The molecule has 0 aliphatic heterocycles. The molecule has 0 aliphatic carbocycles. The van der Waals surface area contributed by atoms with Crippen molar-refractivity contribution in [1.29, 1.82) is 0 Å². The number of anilines is 3. The Balaban J connectivity index is 1.91.